The highest BCUT2D eigenvalue weighted by Gasteiger charge is 2.33. The van der Waals surface area contributed by atoms with Gasteiger partial charge in [-0.25, -0.2) is 0 Å². The highest BCUT2D eigenvalue weighted by atomic mass is 15.3. The van der Waals surface area contributed by atoms with Gasteiger partial charge >= 0.3 is 0 Å². The largest absolute Gasteiger partial charge is 0.329 e. The minimum atomic E-state index is 0.291. The topological polar surface area (TPSA) is 32.5 Å². The molecule has 1 aliphatic heterocycles. The van der Waals surface area contributed by atoms with Crippen molar-refractivity contribution in [2.24, 2.45) is 5.73 Å². The van der Waals surface area contributed by atoms with E-state index in [1.54, 1.807) is 0 Å². The van der Waals surface area contributed by atoms with Crippen LogP contribution in [0, 0.1) is 0 Å². The van der Waals surface area contributed by atoms with Gasteiger partial charge in [0.25, 0.3) is 0 Å². The number of hydrogen-bond donors (Lipinski definition) is 1. The molecule has 1 unspecified atom stereocenters. The van der Waals surface area contributed by atoms with Crippen LogP contribution in [0.5, 0.6) is 0 Å². The van der Waals surface area contributed by atoms with Gasteiger partial charge < -0.3 is 5.73 Å². The maximum Gasteiger partial charge on any atom is 0.0277 e. The van der Waals surface area contributed by atoms with E-state index in [0.29, 0.717) is 11.6 Å². The number of piperazine rings is 1. The number of hydrogen-bond acceptors (Lipinski definition) is 3. The van der Waals surface area contributed by atoms with E-state index in [2.05, 4.69) is 37.6 Å². The molecule has 2 N–H and O–H groups in total. The van der Waals surface area contributed by atoms with Crippen molar-refractivity contribution in [1.82, 2.24) is 9.80 Å². The van der Waals surface area contributed by atoms with Gasteiger partial charge in [-0.15, -0.1) is 0 Å². The lowest BCUT2D eigenvalue weighted by Crippen LogP contribution is -2.60. The molecule has 1 aliphatic rings. The molecule has 3 nitrogen and oxygen atoms in total. The quantitative estimate of drug-likeness (QED) is 0.760. The Kier molecular flexibility index (Phi) is 4.56. The van der Waals surface area contributed by atoms with Crippen molar-refractivity contribution >= 4 is 0 Å². The molecule has 0 aliphatic carbocycles. The predicted molar refractivity (Wildman–Crippen MR) is 66.0 cm³/mol. The van der Waals surface area contributed by atoms with Crippen LogP contribution in [0.15, 0.2) is 0 Å². The standard InChI is InChI=1S/C12H27N3/c1-5-6-11(9-13)15-8-7-14(4)12(2,3)10-15/h11H,5-10,13H2,1-4H3. The fraction of sp³-hybridized carbons (Fsp3) is 1.00. The third kappa shape index (κ3) is 3.16. The lowest BCUT2D eigenvalue weighted by molar-refractivity contribution is 0.0165. The summed E-state index contributed by atoms with van der Waals surface area (Å²) in [6.07, 6.45) is 2.46. The van der Waals surface area contributed by atoms with Crippen molar-refractivity contribution in [2.45, 2.75) is 45.2 Å². The van der Waals surface area contributed by atoms with Crippen molar-refractivity contribution in [2.75, 3.05) is 33.2 Å². The molecular weight excluding hydrogens is 186 g/mol. The lowest BCUT2D eigenvalue weighted by Gasteiger charge is -2.47. The predicted octanol–water partition coefficient (Wildman–Crippen LogP) is 1.14. The maximum atomic E-state index is 5.86. The monoisotopic (exact) mass is 213 g/mol. The van der Waals surface area contributed by atoms with Crippen molar-refractivity contribution in [1.29, 1.82) is 0 Å². The zero-order valence-electron chi connectivity index (χ0n) is 10.8. The molecule has 0 aromatic rings. The molecule has 0 saturated carbocycles. The van der Waals surface area contributed by atoms with Crippen LogP contribution in [0.2, 0.25) is 0 Å². The third-order valence-corrected chi connectivity index (χ3v) is 3.76. The van der Waals surface area contributed by atoms with E-state index in [4.69, 9.17) is 5.73 Å². The first-order valence-corrected chi connectivity index (χ1v) is 6.16. The molecule has 1 heterocycles. The van der Waals surface area contributed by atoms with Crippen LogP contribution in [-0.2, 0) is 0 Å². The van der Waals surface area contributed by atoms with Crippen LogP contribution in [0.25, 0.3) is 0 Å². The molecule has 0 amide bonds. The molecule has 90 valence electrons. The lowest BCUT2D eigenvalue weighted by atomic mass is 9.97. The minimum Gasteiger partial charge on any atom is -0.329 e. The highest BCUT2D eigenvalue weighted by molar-refractivity contribution is 4.90. The molecule has 15 heavy (non-hydrogen) atoms. The van der Waals surface area contributed by atoms with Gasteiger partial charge in [0.2, 0.25) is 0 Å². The Labute approximate surface area is 94.6 Å². The summed E-state index contributed by atoms with van der Waals surface area (Å²) in [5.41, 5.74) is 6.15. The number of likely N-dealkylation sites (N-methyl/N-ethyl adjacent to an activating group) is 1. The van der Waals surface area contributed by atoms with Gasteiger partial charge in [0, 0.05) is 37.8 Å². The van der Waals surface area contributed by atoms with Crippen LogP contribution in [0.3, 0.4) is 0 Å². The molecular formula is C12H27N3. The molecule has 0 aromatic heterocycles. The van der Waals surface area contributed by atoms with Crippen LogP contribution >= 0.6 is 0 Å². The summed E-state index contributed by atoms with van der Waals surface area (Å²) in [7, 11) is 2.22. The van der Waals surface area contributed by atoms with Crippen molar-refractivity contribution < 1.29 is 0 Å². The van der Waals surface area contributed by atoms with Crippen LogP contribution in [0.4, 0.5) is 0 Å². The Morgan fingerprint density at radius 1 is 1.33 bits per heavy atom. The molecule has 1 rings (SSSR count). The third-order valence-electron chi connectivity index (χ3n) is 3.76. The second-order valence-electron chi connectivity index (χ2n) is 5.38. The van der Waals surface area contributed by atoms with E-state index in [9.17, 15) is 0 Å². The average molecular weight is 213 g/mol. The summed E-state index contributed by atoms with van der Waals surface area (Å²) < 4.78 is 0. The van der Waals surface area contributed by atoms with Gasteiger partial charge in [0.15, 0.2) is 0 Å². The van der Waals surface area contributed by atoms with Gasteiger partial charge in [0.05, 0.1) is 0 Å². The molecule has 3 heteroatoms. The van der Waals surface area contributed by atoms with Gasteiger partial charge in [-0.05, 0) is 27.3 Å². The summed E-state index contributed by atoms with van der Waals surface area (Å²) in [4.78, 5) is 5.02. The molecule has 0 bridgehead atoms. The zero-order valence-corrected chi connectivity index (χ0v) is 10.8. The second kappa shape index (κ2) is 5.28. The smallest absolute Gasteiger partial charge is 0.0277 e. The fourth-order valence-corrected chi connectivity index (χ4v) is 2.37. The summed E-state index contributed by atoms with van der Waals surface area (Å²) >= 11 is 0. The highest BCUT2D eigenvalue weighted by Crippen LogP contribution is 2.21. The summed E-state index contributed by atoms with van der Waals surface area (Å²) in [6, 6.07) is 0.586. The number of nitrogens with zero attached hydrogens (tertiary/aromatic N) is 2. The van der Waals surface area contributed by atoms with Gasteiger partial charge in [-0.3, -0.25) is 9.80 Å². The number of rotatable bonds is 4. The first-order chi connectivity index (χ1) is 7.01. The molecule has 1 fully saturated rings. The van der Waals surface area contributed by atoms with E-state index < -0.39 is 0 Å². The normalized spacial score (nSPS) is 25.4. The Morgan fingerprint density at radius 3 is 2.47 bits per heavy atom. The Balaban J connectivity index is 2.56. The molecule has 0 aromatic carbocycles. The Bertz CT molecular complexity index is 191. The van der Waals surface area contributed by atoms with Crippen LogP contribution in [-0.4, -0.2) is 54.6 Å². The van der Waals surface area contributed by atoms with Gasteiger partial charge in [-0.2, -0.15) is 0 Å². The molecule has 1 atom stereocenters. The van der Waals surface area contributed by atoms with Crippen molar-refractivity contribution in [3.8, 4) is 0 Å². The first-order valence-electron chi connectivity index (χ1n) is 6.16. The van der Waals surface area contributed by atoms with Crippen LogP contribution < -0.4 is 5.73 Å². The summed E-state index contributed by atoms with van der Waals surface area (Å²) in [6.45, 7) is 11.1. The van der Waals surface area contributed by atoms with Gasteiger partial charge in [-0.1, -0.05) is 13.3 Å². The Hall–Kier alpha value is -0.120. The van der Waals surface area contributed by atoms with E-state index >= 15 is 0 Å². The average Bonchev–Trinajstić information content (AvgIpc) is 2.18. The Morgan fingerprint density at radius 2 is 2.00 bits per heavy atom. The molecule has 1 saturated heterocycles. The van der Waals surface area contributed by atoms with Gasteiger partial charge in [0.1, 0.15) is 0 Å². The minimum absolute atomic E-state index is 0.291. The van der Waals surface area contributed by atoms with Crippen molar-refractivity contribution in [3.05, 3.63) is 0 Å². The van der Waals surface area contributed by atoms with E-state index in [-0.39, 0.29) is 0 Å². The zero-order chi connectivity index (χ0) is 11.5. The SMILES string of the molecule is CCCC(CN)N1CCN(C)C(C)(C)C1. The fourth-order valence-electron chi connectivity index (χ4n) is 2.37. The molecule has 0 spiro atoms. The van der Waals surface area contributed by atoms with Crippen molar-refractivity contribution in [3.63, 3.8) is 0 Å². The van der Waals surface area contributed by atoms with E-state index in [0.717, 1.165) is 19.6 Å². The second-order valence-corrected chi connectivity index (χ2v) is 5.38. The number of nitrogens with two attached hydrogens (primary N) is 1. The first kappa shape index (κ1) is 12.9. The summed E-state index contributed by atoms with van der Waals surface area (Å²) in [5.74, 6) is 0. The maximum absolute atomic E-state index is 5.86. The molecule has 0 radical (unpaired) electrons. The van der Waals surface area contributed by atoms with Crippen LogP contribution in [0.1, 0.15) is 33.6 Å². The van der Waals surface area contributed by atoms with E-state index in [1.165, 1.54) is 19.4 Å². The van der Waals surface area contributed by atoms with E-state index in [1.807, 2.05) is 0 Å². The summed E-state index contributed by atoms with van der Waals surface area (Å²) in [5, 5.41) is 0.